The first kappa shape index (κ1) is 16.7. The number of hydrogen-bond donors (Lipinski definition) is 2. The van der Waals surface area contributed by atoms with Gasteiger partial charge in [0.2, 0.25) is 11.8 Å². The summed E-state index contributed by atoms with van der Waals surface area (Å²) < 4.78 is 0.953. The maximum Gasteiger partial charge on any atom is 0.238 e. The third kappa shape index (κ3) is 6.68. The number of benzene rings is 1. The predicted octanol–water partition coefficient (Wildman–Crippen LogP) is 1.98. The van der Waals surface area contributed by atoms with Gasteiger partial charge in [-0.1, -0.05) is 29.3 Å². The second-order valence-corrected chi connectivity index (χ2v) is 5.50. The molecule has 1 aromatic rings. The highest BCUT2D eigenvalue weighted by Gasteiger charge is 2.12. The standard InChI is InChI=1S/C14H20BrN3O2/c1-2-3-8-18(9-13(16)19)10-14(20)17-12-6-4-11(15)5-7-12/h4-7H,2-3,8-10H2,1H3,(H2,16,19)(H,17,20). The van der Waals surface area contributed by atoms with E-state index in [-0.39, 0.29) is 19.0 Å². The molecule has 0 bridgehead atoms. The van der Waals surface area contributed by atoms with Crippen LogP contribution in [0.25, 0.3) is 0 Å². The molecule has 0 fully saturated rings. The Morgan fingerprint density at radius 3 is 2.45 bits per heavy atom. The van der Waals surface area contributed by atoms with E-state index in [0.29, 0.717) is 6.54 Å². The fraction of sp³-hybridized carbons (Fsp3) is 0.429. The zero-order valence-corrected chi connectivity index (χ0v) is 13.1. The van der Waals surface area contributed by atoms with Crippen LogP contribution in [-0.2, 0) is 9.59 Å². The first-order chi connectivity index (χ1) is 9.51. The van der Waals surface area contributed by atoms with Crippen molar-refractivity contribution >= 4 is 33.4 Å². The Morgan fingerprint density at radius 2 is 1.90 bits per heavy atom. The molecule has 6 heteroatoms. The monoisotopic (exact) mass is 341 g/mol. The first-order valence-electron chi connectivity index (χ1n) is 6.57. The van der Waals surface area contributed by atoms with Crippen molar-refractivity contribution < 1.29 is 9.59 Å². The minimum absolute atomic E-state index is 0.105. The minimum atomic E-state index is -0.419. The van der Waals surface area contributed by atoms with Gasteiger partial charge >= 0.3 is 0 Å². The first-order valence-corrected chi connectivity index (χ1v) is 7.36. The van der Waals surface area contributed by atoms with Crippen LogP contribution in [0.4, 0.5) is 5.69 Å². The molecular weight excluding hydrogens is 322 g/mol. The lowest BCUT2D eigenvalue weighted by molar-refractivity contribution is -0.121. The average molecular weight is 342 g/mol. The number of halogens is 1. The van der Waals surface area contributed by atoms with Gasteiger partial charge in [-0.25, -0.2) is 0 Å². The molecule has 0 aliphatic carbocycles. The molecule has 0 aliphatic rings. The van der Waals surface area contributed by atoms with Gasteiger partial charge in [0.1, 0.15) is 0 Å². The summed E-state index contributed by atoms with van der Waals surface area (Å²) in [7, 11) is 0. The van der Waals surface area contributed by atoms with Crippen molar-refractivity contribution in [3.8, 4) is 0 Å². The Labute approximate surface area is 127 Å². The Hall–Kier alpha value is -1.40. The van der Waals surface area contributed by atoms with E-state index in [1.165, 1.54) is 0 Å². The highest BCUT2D eigenvalue weighted by atomic mass is 79.9. The number of unbranched alkanes of at least 4 members (excludes halogenated alkanes) is 1. The van der Waals surface area contributed by atoms with Crippen molar-refractivity contribution in [1.82, 2.24) is 4.90 Å². The summed E-state index contributed by atoms with van der Waals surface area (Å²) in [5, 5.41) is 2.80. The SMILES string of the molecule is CCCCN(CC(N)=O)CC(=O)Nc1ccc(Br)cc1. The summed E-state index contributed by atoms with van der Waals surface area (Å²) in [5.74, 6) is -0.567. The molecule has 1 rings (SSSR count). The number of primary amides is 1. The van der Waals surface area contributed by atoms with Gasteiger partial charge < -0.3 is 11.1 Å². The van der Waals surface area contributed by atoms with Crippen molar-refractivity contribution in [3.05, 3.63) is 28.7 Å². The summed E-state index contributed by atoms with van der Waals surface area (Å²) in [6.45, 7) is 3.02. The van der Waals surface area contributed by atoms with Crippen LogP contribution in [0.15, 0.2) is 28.7 Å². The molecule has 0 radical (unpaired) electrons. The van der Waals surface area contributed by atoms with E-state index in [4.69, 9.17) is 5.73 Å². The molecule has 0 unspecified atom stereocenters. The highest BCUT2D eigenvalue weighted by Crippen LogP contribution is 2.14. The van der Waals surface area contributed by atoms with Crippen LogP contribution >= 0.6 is 15.9 Å². The Bertz CT molecular complexity index is 448. The molecule has 20 heavy (non-hydrogen) atoms. The second-order valence-electron chi connectivity index (χ2n) is 4.59. The number of rotatable bonds is 8. The van der Waals surface area contributed by atoms with Crippen molar-refractivity contribution in [2.45, 2.75) is 19.8 Å². The molecule has 0 saturated heterocycles. The normalized spacial score (nSPS) is 10.6. The van der Waals surface area contributed by atoms with Crippen LogP contribution in [0.5, 0.6) is 0 Å². The third-order valence-corrected chi connectivity index (χ3v) is 3.23. The lowest BCUT2D eigenvalue weighted by Gasteiger charge is -2.19. The molecule has 0 spiro atoms. The second kappa shape index (κ2) is 8.71. The van der Waals surface area contributed by atoms with E-state index in [2.05, 4.69) is 28.2 Å². The van der Waals surface area contributed by atoms with E-state index < -0.39 is 5.91 Å². The topological polar surface area (TPSA) is 75.4 Å². The van der Waals surface area contributed by atoms with Crippen molar-refractivity contribution in [2.75, 3.05) is 25.0 Å². The van der Waals surface area contributed by atoms with E-state index in [1.54, 1.807) is 4.90 Å². The summed E-state index contributed by atoms with van der Waals surface area (Å²) in [6.07, 6.45) is 1.93. The Balaban J connectivity index is 2.51. The number of amides is 2. The van der Waals surface area contributed by atoms with E-state index >= 15 is 0 Å². The summed E-state index contributed by atoms with van der Waals surface area (Å²) >= 11 is 3.34. The van der Waals surface area contributed by atoms with Gasteiger partial charge in [-0.2, -0.15) is 0 Å². The van der Waals surface area contributed by atoms with Crippen molar-refractivity contribution in [3.63, 3.8) is 0 Å². The lowest BCUT2D eigenvalue weighted by Crippen LogP contribution is -2.39. The number of carbonyl (C=O) groups excluding carboxylic acids is 2. The molecule has 5 nitrogen and oxygen atoms in total. The number of nitrogens with one attached hydrogen (secondary N) is 1. The Morgan fingerprint density at radius 1 is 1.25 bits per heavy atom. The van der Waals surface area contributed by atoms with Gasteiger partial charge in [0, 0.05) is 10.2 Å². The molecular formula is C14H20BrN3O2. The van der Waals surface area contributed by atoms with Crippen LogP contribution in [-0.4, -0.2) is 36.3 Å². The molecule has 0 atom stereocenters. The van der Waals surface area contributed by atoms with E-state index in [9.17, 15) is 9.59 Å². The maximum absolute atomic E-state index is 11.9. The highest BCUT2D eigenvalue weighted by molar-refractivity contribution is 9.10. The molecule has 0 aliphatic heterocycles. The summed E-state index contributed by atoms with van der Waals surface area (Å²) in [5.41, 5.74) is 5.92. The minimum Gasteiger partial charge on any atom is -0.369 e. The maximum atomic E-state index is 11.9. The smallest absolute Gasteiger partial charge is 0.238 e. The molecule has 3 N–H and O–H groups in total. The van der Waals surface area contributed by atoms with Gasteiger partial charge in [0.25, 0.3) is 0 Å². The van der Waals surface area contributed by atoms with E-state index in [1.807, 2.05) is 24.3 Å². The van der Waals surface area contributed by atoms with Gasteiger partial charge in [-0.05, 0) is 37.2 Å². The van der Waals surface area contributed by atoms with Gasteiger partial charge in [0.15, 0.2) is 0 Å². The lowest BCUT2D eigenvalue weighted by atomic mass is 10.3. The predicted molar refractivity (Wildman–Crippen MR) is 83.3 cm³/mol. The van der Waals surface area contributed by atoms with E-state index in [0.717, 1.165) is 23.0 Å². The van der Waals surface area contributed by atoms with Gasteiger partial charge in [-0.15, -0.1) is 0 Å². The zero-order chi connectivity index (χ0) is 15.0. The van der Waals surface area contributed by atoms with Crippen molar-refractivity contribution in [1.29, 1.82) is 0 Å². The quantitative estimate of drug-likeness (QED) is 0.759. The molecule has 110 valence electrons. The number of nitrogens with two attached hydrogens (primary N) is 1. The molecule has 0 saturated carbocycles. The van der Waals surface area contributed by atoms with Crippen LogP contribution in [0, 0.1) is 0 Å². The average Bonchev–Trinajstić information content (AvgIpc) is 2.38. The molecule has 2 amide bonds. The van der Waals surface area contributed by atoms with Crippen LogP contribution in [0.1, 0.15) is 19.8 Å². The number of carbonyl (C=O) groups is 2. The van der Waals surface area contributed by atoms with Gasteiger partial charge in [0.05, 0.1) is 13.1 Å². The zero-order valence-electron chi connectivity index (χ0n) is 11.6. The van der Waals surface area contributed by atoms with Gasteiger partial charge in [-0.3, -0.25) is 14.5 Å². The number of anilines is 1. The number of nitrogens with zero attached hydrogens (tertiary/aromatic N) is 1. The molecule has 0 heterocycles. The van der Waals surface area contributed by atoms with Crippen molar-refractivity contribution in [2.24, 2.45) is 5.73 Å². The summed E-state index contributed by atoms with van der Waals surface area (Å²) in [6, 6.07) is 7.33. The summed E-state index contributed by atoms with van der Waals surface area (Å²) in [4.78, 5) is 24.7. The Kier molecular flexibility index (Phi) is 7.25. The van der Waals surface area contributed by atoms with Crippen LogP contribution < -0.4 is 11.1 Å². The fourth-order valence-corrected chi connectivity index (χ4v) is 2.02. The van der Waals surface area contributed by atoms with Crippen LogP contribution in [0.3, 0.4) is 0 Å². The third-order valence-electron chi connectivity index (χ3n) is 2.70. The molecule has 0 aromatic heterocycles. The molecule has 1 aromatic carbocycles. The largest absolute Gasteiger partial charge is 0.369 e. The fourth-order valence-electron chi connectivity index (χ4n) is 1.75. The number of hydrogen-bond acceptors (Lipinski definition) is 3. The van der Waals surface area contributed by atoms with Crippen LogP contribution in [0.2, 0.25) is 0 Å².